The molecule has 0 aliphatic rings. The molecule has 0 aliphatic carbocycles. The largest absolute Gasteiger partial charge is 0.462 e. The average Bonchev–Trinajstić information content (AvgIpc) is 3.22. The van der Waals surface area contributed by atoms with Gasteiger partial charge < -0.3 is 14.2 Å². The van der Waals surface area contributed by atoms with Crippen molar-refractivity contribution >= 4 is 17.9 Å². The summed E-state index contributed by atoms with van der Waals surface area (Å²) in [6.07, 6.45) is 59.7. The highest BCUT2D eigenvalue weighted by molar-refractivity contribution is 5.71. The smallest absolute Gasteiger partial charge is 0.306 e. The zero-order valence-corrected chi connectivity index (χ0v) is 37.3. The zero-order chi connectivity index (χ0) is 42.3. The highest BCUT2D eigenvalue weighted by atomic mass is 16.6. The first-order valence-corrected chi connectivity index (χ1v) is 23.3. The van der Waals surface area contributed by atoms with E-state index in [9.17, 15) is 14.4 Å². The number of hydrogen-bond acceptors (Lipinski definition) is 6. The molecule has 0 aromatic rings. The van der Waals surface area contributed by atoms with E-state index in [1.54, 1.807) is 0 Å². The van der Waals surface area contributed by atoms with Gasteiger partial charge in [0.15, 0.2) is 6.10 Å². The monoisotopic (exact) mass is 805 g/mol. The summed E-state index contributed by atoms with van der Waals surface area (Å²) < 4.78 is 16.6. The fourth-order valence-electron chi connectivity index (χ4n) is 5.93. The standard InChI is InChI=1S/C52H84O6/c1-4-7-10-13-16-19-21-23-25-27-28-30-33-36-39-42-45-51(54)57-48-49(47-56-50(53)44-41-38-35-32-18-15-12-9-6-3)58-52(55)46-43-40-37-34-31-29-26-24-22-20-17-14-11-8-5-2/h8,11,14,17,20,22,24-32,35,49H,4-7,9-10,12-13,15-16,18-19,21,23,33-34,36-48H2,1-3H3/b11-8-,17-14-,22-20-,26-24-,27-25-,30-28-,31-29-,35-32-. The van der Waals surface area contributed by atoms with Gasteiger partial charge in [0, 0.05) is 19.3 Å². The summed E-state index contributed by atoms with van der Waals surface area (Å²) in [4.78, 5) is 37.7. The maximum absolute atomic E-state index is 12.7. The minimum absolute atomic E-state index is 0.119. The van der Waals surface area contributed by atoms with Crippen LogP contribution < -0.4 is 0 Å². The Morgan fingerprint density at radius 1 is 0.362 bits per heavy atom. The molecular formula is C52H84O6. The van der Waals surface area contributed by atoms with Gasteiger partial charge >= 0.3 is 17.9 Å². The Labute approximate surface area is 356 Å². The molecule has 6 nitrogen and oxygen atoms in total. The lowest BCUT2D eigenvalue weighted by molar-refractivity contribution is -0.167. The number of esters is 3. The molecule has 58 heavy (non-hydrogen) atoms. The maximum atomic E-state index is 12.7. The molecule has 1 atom stereocenters. The van der Waals surface area contributed by atoms with Gasteiger partial charge in [-0.15, -0.1) is 0 Å². The van der Waals surface area contributed by atoms with E-state index in [0.717, 1.165) is 70.6 Å². The van der Waals surface area contributed by atoms with Gasteiger partial charge in [-0.2, -0.15) is 0 Å². The van der Waals surface area contributed by atoms with Crippen molar-refractivity contribution in [3.63, 3.8) is 0 Å². The third kappa shape index (κ3) is 43.5. The molecule has 0 aliphatic heterocycles. The number of ether oxygens (including phenoxy) is 3. The Bertz CT molecular complexity index is 1200. The predicted octanol–water partition coefficient (Wildman–Crippen LogP) is 15.0. The topological polar surface area (TPSA) is 78.9 Å². The molecule has 1 unspecified atom stereocenters. The van der Waals surface area contributed by atoms with E-state index in [2.05, 4.69) is 69.4 Å². The highest BCUT2D eigenvalue weighted by Crippen LogP contribution is 2.11. The second-order valence-corrected chi connectivity index (χ2v) is 15.1. The second-order valence-electron chi connectivity index (χ2n) is 15.1. The number of hydrogen-bond donors (Lipinski definition) is 0. The average molecular weight is 805 g/mol. The van der Waals surface area contributed by atoms with Crippen LogP contribution in [0.2, 0.25) is 0 Å². The summed E-state index contributed by atoms with van der Waals surface area (Å²) in [5.74, 6) is -1.03. The molecular weight excluding hydrogens is 721 g/mol. The number of carbonyl (C=O) groups is 3. The first-order valence-electron chi connectivity index (χ1n) is 23.3. The molecule has 0 N–H and O–H groups in total. The Kier molecular flexibility index (Phi) is 43.1. The normalized spacial score (nSPS) is 12.9. The summed E-state index contributed by atoms with van der Waals surface area (Å²) >= 11 is 0. The van der Waals surface area contributed by atoms with Gasteiger partial charge in [-0.05, 0) is 83.5 Å². The lowest BCUT2D eigenvalue weighted by Gasteiger charge is -2.18. The van der Waals surface area contributed by atoms with Gasteiger partial charge in [0.2, 0.25) is 0 Å². The van der Waals surface area contributed by atoms with E-state index in [1.165, 1.54) is 70.6 Å². The first kappa shape index (κ1) is 54.3. The Morgan fingerprint density at radius 3 is 1.21 bits per heavy atom. The summed E-state index contributed by atoms with van der Waals surface area (Å²) in [7, 11) is 0. The SMILES string of the molecule is CC\C=C/C=C\C=C/C=C\C=C/CCCCCC(=O)OC(COC(=O)CCC/C=C\CCCCCC)COC(=O)CCCCC/C=C\C=C/CCCCCCCCC. The number of carbonyl (C=O) groups excluding carboxylic acids is 3. The van der Waals surface area contributed by atoms with Gasteiger partial charge in [0.25, 0.3) is 0 Å². The molecule has 0 bridgehead atoms. The van der Waals surface area contributed by atoms with Crippen LogP contribution in [0.3, 0.4) is 0 Å². The first-order chi connectivity index (χ1) is 28.5. The molecule has 0 rings (SSSR count). The number of allylic oxidation sites excluding steroid dienone is 16. The zero-order valence-electron chi connectivity index (χ0n) is 37.3. The van der Waals surface area contributed by atoms with E-state index in [4.69, 9.17) is 14.2 Å². The van der Waals surface area contributed by atoms with Gasteiger partial charge in [-0.3, -0.25) is 14.4 Å². The molecule has 0 heterocycles. The molecule has 0 saturated carbocycles. The van der Waals surface area contributed by atoms with Crippen LogP contribution in [0.5, 0.6) is 0 Å². The van der Waals surface area contributed by atoms with Crippen LogP contribution in [0.25, 0.3) is 0 Å². The summed E-state index contributed by atoms with van der Waals surface area (Å²) in [5.41, 5.74) is 0. The van der Waals surface area contributed by atoms with Gasteiger partial charge in [-0.1, -0.05) is 189 Å². The van der Waals surface area contributed by atoms with Crippen LogP contribution >= 0.6 is 0 Å². The van der Waals surface area contributed by atoms with Crippen molar-refractivity contribution in [2.24, 2.45) is 0 Å². The van der Waals surface area contributed by atoms with Gasteiger partial charge in [0.05, 0.1) is 0 Å². The highest BCUT2D eigenvalue weighted by Gasteiger charge is 2.19. The molecule has 0 amide bonds. The summed E-state index contributed by atoms with van der Waals surface area (Å²) in [6.45, 7) is 6.34. The fraction of sp³-hybridized carbons (Fsp3) is 0.635. The van der Waals surface area contributed by atoms with Gasteiger partial charge in [0.1, 0.15) is 13.2 Å². The van der Waals surface area contributed by atoms with Crippen LogP contribution in [-0.2, 0) is 28.6 Å². The van der Waals surface area contributed by atoms with Crippen LogP contribution in [-0.4, -0.2) is 37.2 Å². The van der Waals surface area contributed by atoms with E-state index in [0.29, 0.717) is 25.7 Å². The molecule has 328 valence electrons. The van der Waals surface area contributed by atoms with Crippen LogP contribution in [0.4, 0.5) is 0 Å². The van der Waals surface area contributed by atoms with Crippen LogP contribution in [0, 0.1) is 0 Å². The third-order valence-electron chi connectivity index (χ3n) is 9.45. The quantitative estimate of drug-likeness (QED) is 0.0202. The molecule has 0 aromatic heterocycles. The minimum atomic E-state index is -0.820. The number of rotatable bonds is 40. The predicted molar refractivity (Wildman–Crippen MR) is 247 cm³/mol. The summed E-state index contributed by atoms with van der Waals surface area (Å²) in [6, 6.07) is 0. The van der Waals surface area contributed by atoms with Crippen molar-refractivity contribution in [2.45, 2.75) is 200 Å². The van der Waals surface area contributed by atoms with Crippen molar-refractivity contribution in [2.75, 3.05) is 13.2 Å². The Morgan fingerprint density at radius 2 is 0.707 bits per heavy atom. The molecule has 0 fully saturated rings. The summed E-state index contributed by atoms with van der Waals surface area (Å²) in [5, 5.41) is 0. The van der Waals surface area contributed by atoms with Crippen molar-refractivity contribution in [1.82, 2.24) is 0 Å². The van der Waals surface area contributed by atoms with Crippen molar-refractivity contribution in [3.8, 4) is 0 Å². The van der Waals surface area contributed by atoms with E-state index >= 15 is 0 Å². The van der Waals surface area contributed by atoms with Crippen molar-refractivity contribution in [3.05, 3.63) is 97.2 Å². The fourth-order valence-corrected chi connectivity index (χ4v) is 5.93. The second kappa shape index (κ2) is 46.0. The van der Waals surface area contributed by atoms with Crippen LogP contribution in [0.1, 0.15) is 194 Å². The molecule has 0 spiro atoms. The van der Waals surface area contributed by atoms with E-state index in [-0.39, 0.29) is 37.5 Å². The number of unbranched alkanes of at least 4 members (excludes halogenated alkanes) is 18. The molecule has 0 aromatic carbocycles. The Balaban J connectivity index is 4.52. The lowest BCUT2D eigenvalue weighted by atomic mass is 10.1. The van der Waals surface area contributed by atoms with Crippen molar-refractivity contribution < 1.29 is 28.6 Å². The Hall–Kier alpha value is -3.67. The maximum Gasteiger partial charge on any atom is 0.306 e. The third-order valence-corrected chi connectivity index (χ3v) is 9.45. The molecule has 0 radical (unpaired) electrons. The molecule has 6 heteroatoms. The lowest BCUT2D eigenvalue weighted by Crippen LogP contribution is -2.30. The van der Waals surface area contributed by atoms with Gasteiger partial charge in [-0.25, -0.2) is 0 Å². The molecule has 0 saturated heterocycles. The van der Waals surface area contributed by atoms with E-state index in [1.807, 2.05) is 48.6 Å². The van der Waals surface area contributed by atoms with Crippen LogP contribution in [0.15, 0.2) is 97.2 Å². The van der Waals surface area contributed by atoms with Crippen molar-refractivity contribution in [1.29, 1.82) is 0 Å². The minimum Gasteiger partial charge on any atom is -0.462 e. The van der Waals surface area contributed by atoms with E-state index < -0.39 is 6.10 Å².